The molecular weight excluding hydrogens is 376 g/mol. The number of hydrogen-bond donors (Lipinski definition) is 1. The third-order valence-corrected chi connectivity index (χ3v) is 5.11. The molecule has 0 heterocycles. The molecule has 0 unspecified atom stereocenters. The highest BCUT2D eigenvalue weighted by molar-refractivity contribution is 7.85. The second-order valence-corrected chi connectivity index (χ2v) is 7.32. The van der Waals surface area contributed by atoms with Crippen molar-refractivity contribution in [1.29, 1.82) is 0 Å². The van der Waals surface area contributed by atoms with E-state index in [2.05, 4.69) is 10.1 Å². The van der Waals surface area contributed by atoms with Crippen LogP contribution in [0.5, 0.6) is 0 Å². The number of carbonyl (C=O) groups excluding carboxylic acids is 2. The Hall–Kier alpha value is -2.61. The maximum atomic E-state index is 13.2. The Morgan fingerprint density at radius 3 is 2.33 bits per heavy atom. The summed E-state index contributed by atoms with van der Waals surface area (Å²) >= 11 is 0. The van der Waals surface area contributed by atoms with Gasteiger partial charge in [-0.3, -0.25) is 9.00 Å². The van der Waals surface area contributed by atoms with Crippen molar-refractivity contribution in [1.82, 2.24) is 5.32 Å². The molecule has 27 heavy (non-hydrogen) atoms. The molecule has 1 N–H and O–H groups in total. The maximum absolute atomic E-state index is 13.2. The van der Waals surface area contributed by atoms with Crippen molar-refractivity contribution in [2.75, 3.05) is 12.9 Å². The van der Waals surface area contributed by atoms with Gasteiger partial charge in [-0.15, -0.1) is 0 Å². The molecular formula is C19H19F2NO4S. The van der Waals surface area contributed by atoms with Crippen LogP contribution in [0, 0.1) is 11.6 Å². The Balaban J connectivity index is 1.98. The van der Waals surface area contributed by atoms with Gasteiger partial charge in [-0.25, -0.2) is 13.6 Å². The summed E-state index contributed by atoms with van der Waals surface area (Å²) < 4.78 is 43.4. The van der Waals surface area contributed by atoms with Crippen LogP contribution in [0.25, 0.3) is 0 Å². The lowest BCUT2D eigenvalue weighted by molar-refractivity contribution is -0.145. The highest BCUT2D eigenvalue weighted by Crippen LogP contribution is 2.10. The van der Waals surface area contributed by atoms with Gasteiger partial charge in [0.05, 0.1) is 24.3 Å². The molecule has 8 heteroatoms. The summed E-state index contributed by atoms with van der Waals surface area (Å²) in [4.78, 5) is 24.7. The van der Waals surface area contributed by atoms with E-state index in [0.717, 1.165) is 12.1 Å². The molecule has 2 aromatic carbocycles. The predicted octanol–water partition coefficient (Wildman–Crippen LogP) is 2.36. The first kappa shape index (κ1) is 20.7. The summed E-state index contributed by atoms with van der Waals surface area (Å²) in [7, 11) is -0.162. The standard InChI is InChI=1S/C19H19F2NO4S/c1-26-19(24)17(7-8-27(25)16-5-3-2-4-6-16)22-18(23)11-13-9-14(20)12-15(21)10-13/h2-6,9-10,12,17H,7-8,11H2,1H3,(H,22,23)/t17-,27-/m1/s1. The highest BCUT2D eigenvalue weighted by Gasteiger charge is 2.22. The van der Waals surface area contributed by atoms with Gasteiger partial charge in [0, 0.05) is 16.7 Å². The highest BCUT2D eigenvalue weighted by atomic mass is 32.2. The zero-order valence-corrected chi connectivity index (χ0v) is 15.4. The summed E-state index contributed by atoms with van der Waals surface area (Å²) in [6, 6.07) is 10.5. The van der Waals surface area contributed by atoms with Gasteiger partial charge in [-0.1, -0.05) is 18.2 Å². The first-order chi connectivity index (χ1) is 12.9. The minimum atomic E-state index is -1.34. The maximum Gasteiger partial charge on any atom is 0.328 e. The molecule has 0 bridgehead atoms. The SMILES string of the molecule is COC(=O)[C@@H](CC[S@@](=O)c1ccccc1)NC(=O)Cc1cc(F)cc(F)c1. The van der Waals surface area contributed by atoms with Crippen LogP contribution >= 0.6 is 0 Å². The lowest BCUT2D eigenvalue weighted by Gasteiger charge is -2.16. The predicted molar refractivity (Wildman–Crippen MR) is 96.3 cm³/mol. The fourth-order valence-corrected chi connectivity index (χ4v) is 3.60. The van der Waals surface area contributed by atoms with E-state index in [4.69, 9.17) is 0 Å². The summed E-state index contributed by atoms with van der Waals surface area (Å²) in [6.45, 7) is 0. The number of methoxy groups -OCH3 is 1. The molecule has 5 nitrogen and oxygen atoms in total. The van der Waals surface area contributed by atoms with Gasteiger partial charge in [0.25, 0.3) is 0 Å². The molecule has 0 aliphatic carbocycles. The van der Waals surface area contributed by atoms with Crippen LogP contribution in [0.4, 0.5) is 8.78 Å². The van der Waals surface area contributed by atoms with Crippen LogP contribution < -0.4 is 5.32 Å². The molecule has 0 aromatic heterocycles. The van der Waals surface area contributed by atoms with Crippen LogP contribution in [0.1, 0.15) is 12.0 Å². The van der Waals surface area contributed by atoms with Gasteiger partial charge < -0.3 is 10.1 Å². The van der Waals surface area contributed by atoms with Gasteiger partial charge in [-0.2, -0.15) is 0 Å². The molecule has 0 saturated carbocycles. The lowest BCUT2D eigenvalue weighted by atomic mass is 10.1. The molecule has 1 amide bonds. The van der Waals surface area contributed by atoms with Crippen molar-refractivity contribution >= 4 is 22.7 Å². The van der Waals surface area contributed by atoms with Crippen molar-refractivity contribution in [2.24, 2.45) is 0 Å². The van der Waals surface area contributed by atoms with E-state index in [1.54, 1.807) is 30.3 Å². The zero-order valence-electron chi connectivity index (χ0n) is 14.6. The number of rotatable bonds is 8. The molecule has 0 aliphatic rings. The number of amides is 1. The third kappa shape index (κ3) is 6.56. The second-order valence-electron chi connectivity index (χ2n) is 5.75. The first-order valence-electron chi connectivity index (χ1n) is 8.14. The fraction of sp³-hybridized carbons (Fsp3) is 0.263. The van der Waals surface area contributed by atoms with Gasteiger partial charge in [-0.05, 0) is 36.2 Å². The average molecular weight is 395 g/mol. The molecule has 0 radical (unpaired) electrons. The monoisotopic (exact) mass is 395 g/mol. The van der Waals surface area contributed by atoms with E-state index in [1.807, 2.05) is 0 Å². The van der Waals surface area contributed by atoms with E-state index < -0.39 is 40.4 Å². The molecule has 144 valence electrons. The largest absolute Gasteiger partial charge is 0.467 e. The van der Waals surface area contributed by atoms with E-state index in [-0.39, 0.29) is 24.2 Å². The fourth-order valence-electron chi connectivity index (χ4n) is 2.45. The number of carbonyl (C=O) groups is 2. The van der Waals surface area contributed by atoms with Crippen molar-refractivity contribution in [3.63, 3.8) is 0 Å². The minimum Gasteiger partial charge on any atom is -0.467 e. The molecule has 0 saturated heterocycles. The first-order valence-corrected chi connectivity index (χ1v) is 9.46. The average Bonchev–Trinajstić information content (AvgIpc) is 2.64. The Morgan fingerprint density at radius 1 is 1.11 bits per heavy atom. The van der Waals surface area contributed by atoms with Crippen molar-refractivity contribution < 1.29 is 27.3 Å². The van der Waals surface area contributed by atoms with E-state index in [0.29, 0.717) is 11.0 Å². The number of esters is 1. The molecule has 2 rings (SSSR count). The summed E-state index contributed by atoms with van der Waals surface area (Å²) in [6.07, 6.45) is -0.207. The second kappa shape index (κ2) is 9.91. The molecule has 0 fully saturated rings. The molecule has 2 aromatic rings. The Kier molecular flexibility index (Phi) is 7.60. The van der Waals surface area contributed by atoms with Crippen LogP contribution in [-0.4, -0.2) is 35.0 Å². The summed E-state index contributed by atoms with van der Waals surface area (Å²) in [5, 5.41) is 2.47. The number of hydrogen-bond acceptors (Lipinski definition) is 4. The summed E-state index contributed by atoms with van der Waals surface area (Å²) in [5.41, 5.74) is 0.140. The van der Waals surface area contributed by atoms with Gasteiger partial charge in [0.15, 0.2) is 0 Å². The van der Waals surface area contributed by atoms with Crippen molar-refractivity contribution in [3.05, 3.63) is 65.7 Å². The van der Waals surface area contributed by atoms with Gasteiger partial charge in [0.1, 0.15) is 17.7 Å². The van der Waals surface area contributed by atoms with Crippen molar-refractivity contribution in [2.45, 2.75) is 23.8 Å². The Morgan fingerprint density at radius 2 is 1.74 bits per heavy atom. The summed E-state index contributed by atoms with van der Waals surface area (Å²) in [5.74, 6) is -2.72. The zero-order chi connectivity index (χ0) is 19.8. The molecule has 0 aliphatic heterocycles. The van der Waals surface area contributed by atoms with Crippen molar-refractivity contribution in [3.8, 4) is 0 Å². The minimum absolute atomic E-state index is 0.0947. The molecule has 2 atom stereocenters. The van der Waals surface area contributed by atoms with Crippen LogP contribution in [0.3, 0.4) is 0 Å². The quantitative estimate of drug-likeness (QED) is 0.697. The van der Waals surface area contributed by atoms with Crippen LogP contribution in [-0.2, 0) is 31.5 Å². The molecule has 0 spiro atoms. The van der Waals surface area contributed by atoms with Gasteiger partial charge in [0.2, 0.25) is 5.91 Å². The number of ether oxygens (including phenoxy) is 1. The van der Waals surface area contributed by atoms with E-state index >= 15 is 0 Å². The third-order valence-electron chi connectivity index (χ3n) is 3.71. The van der Waals surface area contributed by atoms with Gasteiger partial charge >= 0.3 is 5.97 Å². The van der Waals surface area contributed by atoms with Crippen LogP contribution in [0.15, 0.2) is 53.4 Å². The Bertz CT molecular complexity index is 809. The number of nitrogens with one attached hydrogen (secondary N) is 1. The lowest BCUT2D eigenvalue weighted by Crippen LogP contribution is -2.43. The topological polar surface area (TPSA) is 72.5 Å². The number of halogens is 2. The van der Waals surface area contributed by atoms with E-state index in [1.165, 1.54) is 7.11 Å². The Labute approximate surface area is 158 Å². The smallest absolute Gasteiger partial charge is 0.328 e. The van der Waals surface area contributed by atoms with Crippen LogP contribution in [0.2, 0.25) is 0 Å². The van der Waals surface area contributed by atoms with E-state index in [9.17, 15) is 22.6 Å². The normalized spacial score (nSPS) is 12.9. The number of benzene rings is 2.